The number of nitrogens with zero attached hydrogens (tertiary/aromatic N) is 2. The molecule has 0 aliphatic heterocycles. The van der Waals surface area contributed by atoms with Gasteiger partial charge in [-0.15, -0.1) is 0 Å². The lowest BCUT2D eigenvalue weighted by Gasteiger charge is -2.27. The minimum Gasteiger partial charge on any atom is -0.480 e. The summed E-state index contributed by atoms with van der Waals surface area (Å²) in [5.74, 6) is -4.35. The van der Waals surface area contributed by atoms with Crippen LogP contribution in [-0.2, 0) is 19.2 Å². The van der Waals surface area contributed by atoms with Gasteiger partial charge in [0.05, 0.1) is 18.2 Å². The van der Waals surface area contributed by atoms with Crippen molar-refractivity contribution in [1.82, 2.24) is 16.0 Å². The molecule has 0 spiro atoms. The number of aliphatic carboxylic acids is 1. The summed E-state index contributed by atoms with van der Waals surface area (Å²) in [7, 11) is 0. The Morgan fingerprint density at radius 2 is 1.19 bits per heavy atom. The fraction of sp³-hybridized carbons (Fsp3) is 0.700. The third-order valence-electron chi connectivity index (χ3n) is 4.99. The quantitative estimate of drug-likeness (QED) is 0.0475. The molecule has 0 fully saturated rings. The van der Waals surface area contributed by atoms with Crippen molar-refractivity contribution in [2.45, 2.75) is 75.9 Å². The molecule has 0 aromatic heterocycles. The average molecular weight is 533 g/mol. The van der Waals surface area contributed by atoms with Crippen molar-refractivity contribution in [3.05, 3.63) is 0 Å². The van der Waals surface area contributed by atoms with E-state index in [2.05, 4.69) is 25.9 Å². The Labute approximate surface area is 214 Å². The maximum Gasteiger partial charge on any atom is 0.328 e. The second-order valence-corrected chi connectivity index (χ2v) is 8.36. The number of amides is 3. The molecular weight excluding hydrogens is 492 g/mol. The summed E-state index contributed by atoms with van der Waals surface area (Å²) in [6.45, 7) is 2.74. The number of carbonyl (C=O) groups is 4. The van der Waals surface area contributed by atoms with Gasteiger partial charge in [-0.25, -0.2) is 4.79 Å². The predicted octanol–water partition coefficient (Wildman–Crippen LogP) is -5.28. The number of nitrogens with two attached hydrogens (primary N) is 5. The molecule has 212 valence electrons. The Balaban J connectivity index is 5.48. The number of aliphatic hydroxyl groups excluding tert-OH is 2. The van der Waals surface area contributed by atoms with Crippen LogP contribution in [0.3, 0.4) is 0 Å². The van der Waals surface area contributed by atoms with E-state index in [9.17, 15) is 29.4 Å². The molecule has 0 heterocycles. The lowest BCUT2D eigenvalue weighted by molar-refractivity contribution is -0.146. The van der Waals surface area contributed by atoms with Gasteiger partial charge in [0.1, 0.15) is 12.1 Å². The Kier molecular flexibility index (Phi) is 15.2. The number of hydrogen-bond acceptors (Lipinski definition) is 9. The van der Waals surface area contributed by atoms with E-state index in [0.29, 0.717) is 6.42 Å². The number of aliphatic hydroxyl groups is 2. The first-order valence-electron chi connectivity index (χ1n) is 11.5. The molecule has 17 nitrogen and oxygen atoms in total. The summed E-state index contributed by atoms with van der Waals surface area (Å²) in [5, 5.41) is 35.6. The number of carboxylic acids is 1. The summed E-state index contributed by atoms with van der Waals surface area (Å²) in [6, 6.07) is -5.48. The highest BCUT2D eigenvalue weighted by atomic mass is 16.4. The molecular formula is C20H40N10O7. The molecule has 0 bridgehead atoms. The van der Waals surface area contributed by atoms with E-state index in [0.717, 1.165) is 6.92 Å². The second kappa shape index (κ2) is 16.9. The van der Waals surface area contributed by atoms with Gasteiger partial charge in [0.15, 0.2) is 18.0 Å². The van der Waals surface area contributed by atoms with Crippen LogP contribution in [0.15, 0.2) is 9.98 Å². The molecule has 6 atom stereocenters. The van der Waals surface area contributed by atoms with E-state index in [1.54, 1.807) is 0 Å². The Hall–Kier alpha value is -3.70. The van der Waals surface area contributed by atoms with Crippen molar-refractivity contribution in [2.75, 3.05) is 13.1 Å². The van der Waals surface area contributed by atoms with Crippen molar-refractivity contribution in [3.63, 3.8) is 0 Å². The average Bonchev–Trinajstić information content (AvgIpc) is 2.78. The van der Waals surface area contributed by atoms with E-state index < -0.39 is 60.1 Å². The zero-order valence-corrected chi connectivity index (χ0v) is 21.0. The zero-order chi connectivity index (χ0) is 28.7. The standard InChI is InChI=1S/C20H40N10O7/c1-9(31)13(17(35)30-14(10(2)32)18(36)37)29-16(34)12(6-4-8-27-20(24)25)28-15(33)11(21)5-3-7-26-19(22)23/h9-14,31-32H,3-8,21H2,1-2H3,(H,28,33)(H,29,34)(H,30,35)(H,36,37)(H4,22,23,26)(H4,24,25,27). The van der Waals surface area contributed by atoms with Crippen LogP contribution in [-0.4, -0.2) is 100 Å². The van der Waals surface area contributed by atoms with Crippen LogP contribution in [0.1, 0.15) is 39.5 Å². The Morgan fingerprint density at radius 3 is 1.62 bits per heavy atom. The number of rotatable bonds is 17. The minimum atomic E-state index is -1.68. The number of aliphatic imine (C=N–C) groups is 2. The van der Waals surface area contributed by atoms with Crippen molar-refractivity contribution < 1.29 is 34.5 Å². The lowest BCUT2D eigenvalue weighted by atomic mass is 10.1. The fourth-order valence-electron chi connectivity index (χ4n) is 2.99. The fourth-order valence-corrected chi connectivity index (χ4v) is 2.99. The summed E-state index contributed by atoms with van der Waals surface area (Å²) >= 11 is 0. The van der Waals surface area contributed by atoms with Crippen LogP contribution in [0.25, 0.3) is 0 Å². The third-order valence-corrected chi connectivity index (χ3v) is 4.99. The SMILES string of the molecule is CC(O)C(NC(=O)C(NC(=O)C(CCCN=C(N)N)NC(=O)C(N)CCCN=C(N)N)C(C)O)C(=O)O. The maximum absolute atomic E-state index is 13.0. The first-order valence-corrected chi connectivity index (χ1v) is 11.5. The van der Waals surface area contributed by atoms with Crippen LogP contribution in [0.2, 0.25) is 0 Å². The highest BCUT2D eigenvalue weighted by Gasteiger charge is 2.33. The molecule has 0 radical (unpaired) electrons. The van der Waals surface area contributed by atoms with Crippen LogP contribution in [0.5, 0.6) is 0 Å². The van der Waals surface area contributed by atoms with Gasteiger partial charge >= 0.3 is 5.97 Å². The Bertz CT molecular complexity index is 826. The molecule has 0 aromatic rings. The van der Waals surface area contributed by atoms with Gasteiger partial charge in [-0.1, -0.05) is 0 Å². The molecule has 0 rings (SSSR count). The predicted molar refractivity (Wildman–Crippen MR) is 135 cm³/mol. The van der Waals surface area contributed by atoms with Crippen LogP contribution in [0, 0.1) is 0 Å². The van der Waals surface area contributed by atoms with Gasteiger partial charge in [0.2, 0.25) is 17.7 Å². The van der Waals surface area contributed by atoms with Gasteiger partial charge < -0.3 is 59.9 Å². The van der Waals surface area contributed by atoms with Crippen LogP contribution < -0.4 is 44.6 Å². The molecule has 17 heteroatoms. The normalized spacial score (nSPS) is 15.6. The number of nitrogens with one attached hydrogen (secondary N) is 3. The first-order chi connectivity index (χ1) is 17.2. The minimum absolute atomic E-state index is 0.0364. The zero-order valence-electron chi connectivity index (χ0n) is 21.0. The largest absolute Gasteiger partial charge is 0.480 e. The topological polar surface area (TPSA) is 320 Å². The number of hydrogen-bond donors (Lipinski definition) is 11. The van der Waals surface area contributed by atoms with Gasteiger partial charge in [0.25, 0.3) is 0 Å². The van der Waals surface area contributed by atoms with Gasteiger partial charge in [-0.05, 0) is 39.5 Å². The van der Waals surface area contributed by atoms with E-state index in [4.69, 9.17) is 33.8 Å². The molecule has 0 saturated heterocycles. The highest BCUT2D eigenvalue weighted by molar-refractivity contribution is 5.94. The van der Waals surface area contributed by atoms with E-state index in [1.165, 1.54) is 6.92 Å². The van der Waals surface area contributed by atoms with Gasteiger partial charge in [-0.2, -0.15) is 0 Å². The summed E-state index contributed by atoms with van der Waals surface area (Å²) in [6.07, 6.45) is -2.02. The van der Waals surface area contributed by atoms with Crippen LogP contribution >= 0.6 is 0 Å². The third kappa shape index (κ3) is 13.8. The molecule has 6 unspecified atom stereocenters. The van der Waals surface area contributed by atoms with Crippen molar-refractivity contribution in [1.29, 1.82) is 0 Å². The molecule has 0 saturated carbocycles. The molecule has 0 aliphatic carbocycles. The van der Waals surface area contributed by atoms with E-state index >= 15 is 0 Å². The maximum atomic E-state index is 13.0. The van der Waals surface area contributed by atoms with Gasteiger partial charge in [-0.3, -0.25) is 24.4 Å². The van der Waals surface area contributed by atoms with Crippen molar-refractivity contribution in [2.24, 2.45) is 38.7 Å². The van der Waals surface area contributed by atoms with Gasteiger partial charge in [0, 0.05) is 13.1 Å². The molecule has 16 N–H and O–H groups in total. The molecule has 3 amide bonds. The van der Waals surface area contributed by atoms with Crippen molar-refractivity contribution in [3.8, 4) is 0 Å². The molecule has 0 aromatic carbocycles. The number of carboxylic acid groups (broad SMARTS) is 1. The van der Waals surface area contributed by atoms with Crippen LogP contribution in [0.4, 0.5) is 0 Å². The number of carbonyl (C=O) groups excluding carboxylic acids is 3. The summed E-state index contributed by atoms with van der Waals surface area (Å²) in [4.78, 5) is 57.0. The summed E-state index contributed by atoms with van der Waals surface area (Å²) < 4.78 is 0. The smallest absolute Gasteiger partial charge is 0.328 e. The first kappa shape index (κ1) is 33.3. The summed E-state index contributed by atoms with van der Waals surface area (Å²) in [5.41, 5.74) is 27.0. The molecule has 0 aliphatic rings. The van der Waals surface area contributed by atoms with E-state index in [-0.39, 0.29) is 44.3 Å². The molecule has 37 heavy (non-hydrogen) atoms. The van der Waals surface area contributed by atoms with Crippen molar-refractivity contribution >= 4 is 35.6 Å². The highest BCUT2D eigenvalue weighted by Crippen LogP contribution is 2.05. The number of guanidine groups is 2. The van der Waals surface area contributed by atoms with E-state index in [1.807, 2.05) is 0 Å². The lowest BCUT2D eigenvalue weighted by Crippen LogP contribution is -2.60. The second-order valence-electron chi connectivity index (χ2n) is 8.36. The Morgan fingerprint density at radius 1 is 0.730 bits per heavy atom. The monoisotopic (exact) mass is 532 g/mol.